The van der Waals surface area contributed by atoms with Crippen molar-refractivity contribution in [2.75, 3.05) is 23.8 Å². The Kier molecular flexibility index (Phi) is 6.53. The zero-order valence-electron chi connectivity index (χ0n) is 13.8. The fourth-order valence-corrected chi connectivity index (χ4v) is 5.50. The average molecular weight is 356 g/mol. The van der Waals surface area contributed by atoms with Crippen molar-refractivity contribution in [2.45, 2.75) is 38.5 Å². The van der Waals surface area contributed by atoms with Crippen LogP contribution in [0, 0.1) is 6.92 Å². The van der Waals surface area contributed by atoms with Crippen LogP contribution in [0.4, 0.5) is 0 Å². The molecule has 1 aliphatic heterocycles. The second-order valence-electron chi connectivity index (χ2n) is 6.13. The molecule has 1 heterocycles. The van der Waals surface area contributed by atoms with Crippen molar-refractivity contribution < 1.29 is 13.2 Å². The quantitative estimate of drug-likeness (QED) is 0.754. The third-order valence-corrected chi connectivity index (χ3v) is 6.75. The highest BCUT2D eigenvalue weighted by Crippen LogP contribution is 2.20. The Morgan fingerprint density at radius 2 is 2.17 bits per heavy atom. The third-order valence-electron chi connectivity index (χ3n) is 4.01. The van der Waals surface area contributed by atoms with Crippen LogP contribution in [0.3, 0.4) is 0 Å². The number of carbonyl (C=O) groups is 1. The van der Waals surface area contributed by atoms with E-state index in [1.165, 1.54) is 11.1 Å². The van der Waals surface area contributed by atoms with E-state index in [2.05, 4.69) is 25.1 Å². The summed E-state index contributed by atoms with van der Waals surface area (Å²) in [6.07, 6.45) is 1.43. The number of rotatable bonds is 7. The Morgan fingerprint density at radius 1 is 1.39 bits per heavy atom. The molecule has 6 heteroatoms. The molecule has 23 heavy (non-hydrogen) atoms. The summed E-state index contributed by atoms with van der Waals surface area (Å²) in [7, 11) is -2.96. The predicted octanol–water partition coefficient (Wildman–Crippen LogP) is 2.65. The van der Waals surface area contributed by atoms with Gasteiger partial charge >= 0.3 is 0 Å². The second kappa shape index (κ2) is 8.20. The van der Waals surface area contributed by atoms with E-state index < -0.39 is 9.84 Å². The molecule has 0 saturated carbocycles. The summed E-state index contributed by atoms with van der Waals surface area (Å²) in [5.41, 5.74) is 2.44. The van der Waals surface area contributed by atoms with Gasteiger partial charge in [-0.25, -0.2) is 8.42 Å². The Labute approximate surface area is 143 Å². The normalized spacial score (nSPS) is 19.7. The lowest BCUT2D eigenvalue weighted by Crippen LogP contribution is -2.42. The summed E-state index contributed by atoms with van der Waals surface area (Å²) >= 11 is 1.60. The van der Waals surface area contributed by atoms with Crippen molar-refractivity contribution in [1.29, 1.82) is 0 Å². The Bertz CT molecular complexity index is 643. The number of aryl methyl sites for hydroxylation is 1. The van der Waals surface area contributed by atoms with E-state index >= 15 is 0 Å². The van der Waals surface area contributed by atoms with E-state index in [0.717, 1.165) is 12.2 Å². The first-order chi connectivity index (χ1) is 10.9. The van der Waals surface area contributed by atoms with Gasteiger partial charge in [0.05, 0.1) is 17.3 Å². The summed E-state index contributed by atoms with van der Waals surface area (Å²) < 4.78 is 23.3. The number of carbonyl (C=O) groups excluding carboxylic acids is 1. The van der Waals surface area contributed by atoms with Gasteiger partial charge in [0, 0.05) is 18.3 Å². The van der Waals surface area contributed by atoms with Gasteiger partial charge in [-0.3, -0.25) is 4.79 Å². The largest absolute Gasteiger partial charge is 0.338 e. The van der Waals surface area contributed by atoms with Crippen molar-refractivity contribution >= 4 is 27.5 Å². The molecule has 1 unspecified atom stereocenters. The first-order valence-electron chi connectivity index (χ1n) is 8.04. The van der Waals surface area contributed by atoms with E-state index in [0.29, 0.717) is 18.7 Å². The molecule has 0 radical (unpaired) electrons. The molecule has 0 aliphatic carbocycles. The molecule has 1 amide bonds. The second-order valence-corrected chi connectivity index (χ2v) is 9.34. The highest BCUT2D eigenvalue weighted by molar-refractivity contribution is 7.99. The molecule has 2 rings (SSSR count). The zero-order valence-corrected chi connectivity index (χ0v) is 15.5. The molecule has 1 atom stereocenters. The predicted molar refractivity (Wildman–Crippen MR) is 96.4 cm³/mol. The summed E-state index contributed by atoms with van der Waals surface area (Å²) in [5, 5.41) is 0. The molecule has 4 nitrogen and oxygen atoms in total. The number of amides is 1. The summed E-state index contributed by atoms with van der Waals surface area (Å²) in [5.74, 6) is 1.61. The van der Waals surface area contributed by atoms with Crippen LogP contribution in [0.2, 0.25) is 0 Å². The van der Waals surface area contributed by atoms with Crippen LogP contribution in [-0.4, -0.2) is 49.1 Å². The molecule has 1 saturated heterocycles. The minimum absolute atomic E-state index is 0.0617. The SMILES string of the molecule is CCCN(C(=O)CSCc1cccc(C)c1)C1CCS(=O)(=O)C1. The summed E-state index contributed by atoms with van der Waals surface area (Å²) in [6, 6.07) is 8.15. The smallest absolute Gasteiger partial charge is 0.232 e. The number of nitrogens with zero attached hydrogens (tertiary/aromatic N) is 1. The molecule has 1 fully saturated rings. The molecule has 1 aromatic carbocycles. The summed E-state index contributed by atoms with van der Waals surface area (Å²) in [4.78, 5) is 14.3. The van der Waals surface area contributed by atoms with Gasteiger partial charge in [-0.05, 0) is 25.3 Å². The van der Waals surface area contributed by atoms with Gasteiger partial charge in [0.25, 0.3) is 0 Å². The van der Waals surface area contributed by atoms with E-state index in [1.54, 1.807) is 16.7 Å². The molecule has 1 aromatic rings. The van der Waals surface area contributed by atoms with Gasteiger partial charge < -0.3 is 4.90 Å². The zero-order chi connectivity index (χ0) is 16.9. The Balaban J connectivity index is 1.88. The maximum atomic E-state index is 12.5. The van der Waals surface area contributed by atoms with E-state index in [-0.39, 0.29) is 23.5 Å². The van der Waals surface area contributed by atoms with E-state index in [4.69, 9.17) is 0 Å². The van der Waals surface area contributed by atoms with Crippen LogP contribution in [0.15, 0.2) is 24.3 Å². The number of benzene rings is 1. The van der Waals surface area contributed by atoms with Gasteiger partial charge in [0.1, 0.15) is 0 Å². The highest BCUT2D eigenvalue weighted by atomic mass is 32.2. The number of hydrogen-bond acceptors (Lipinski definition) is 4. The lowest BCUT2D eigenvalue weighted by molar-refractivity contribution is -0.130. The van der Waals surface area contributed by atoms with Crippen molar-refractivity contribution in [2.24, 2.45) is 0 Å². The van der Waals surface area contributed by atoms with Gasteiger partial charge in [-0.2, -0.15) is 0 Å². The van der Waals surface area contributed by atoms with Crippen molar-refractivity contribution in [3.8, 4) is 0 Å². The maximum absolute atomic E-state index is 12.5. The van der Waals surface area contributed by atoms with Crippen LogP contribution in [0.25, 0.3) is 0 Å². The summed E-state index contributed by atoms with van der Waals surface area (Å²) in [6.45, 7) is 4.72. The maximum Gasteiger partial charge on any atom is 0.232 e. The molecule has 1 aliphatic rings. The van der Waals surface area contributed by atoms with Crippen molar-refractivity contribution in [3.63, 3.8) is 0 Å². The molecule has 0 aromatic heterocycles. The fraction of sp³-hybridized carbons (Fsp3) is 0.588. The van der Waals surface area contributed by atoms with Gasteiger partial charge in [-0.15, -0.1) is 11.8 Å². The topological polar surface area (TPSA) is 54.5 Å². The third kappa shape index (κ3) is 5.53. The van der Waals surface area contributed by atoms with Gasteiger partial charge in [0.15, 0.2) is 9.84 Å². The van der Waals surface area contributed by atoms with E-state index in [9.17, 15) is 13.2 Å². The van der Waals surface area contributed by atoms with Crippen LogP contribution in [0.1, 0.15) is 30.9 Å². The van der Waals surface area contributed by atoms with Crippen LogP contribution in [-0.2, 0) is 20.4 Å². The number of sulfone groups is 1. The van der Waals surface area contributed by atoms with Gasteiger partial charge in [-0.1, -0.05) is 36.8 Å². The minimum Gasteiger partial charge on any atom is -0.338 e. The van der Waals surface area contributed by atoms with Crippen LogP contribution >= 0.6 is 11.8 Å². The molecular weight excluding hydrogens is 330 g/mol. The highest BCUT2D eigenvalue weighted by Gasteiger charge is 2.33. The molecule has 0 N–H and O–H groups in total. The fourth-order valence-electron chi connectivity index (χ4n) is 2.91. The molecule has 0 spiro atoms. The van der Waals surface area contributed by atoms with Gasteiger partial charge in [0.2, 0.25) is 5.91 Å². The molecular formula is C17H25NO3S2. The van der Waals surface area contributed by atoms with Crippen molar-refractivity contribution in [1.82, 2.24) is 4.90 Å². The number of thioether (sulfide) groups is 1. The molecule has 128 valence electrons. The monoisotopic (exact) mass is 355 g/mol. The standard InChI is InChI=1S/C17H25NO3S2/c1-3-8-18(16-7-9-23(20,21)13-16)17(19)12-22-11-15-6-4-5-14(2)10-15/h4-6,10,16H,3,7-9,11-13H2,1-2H3. The van der Waals surface area contributed by atoms with Crippen LogP contribution < -0.4 is 0 Å². The van der Waals surface area contributed by atoms with Crippen LogP contribution in [0.5, 0.6) is 0 Å². The average Bonchev–Trinajstić information content (AvgIpc) is 2.84. The Hall–Kier alpha value is -1.01. The lowest BCUT2D eigenvalue weighted by Gasteiger charge is -2.27. The Morgan fingerprint density at radius 3 is 2.78 bits per heavy atom. The van der Waals surface area contributed by atoms with E-state index in [1.807, 2.05) is 13.0 Å². The molecule has 0 bridgehead atoms. The lowest BCUT2D eigenvalue weighted by atomic mass is 10.2. The first-order valence-corrected chi connectivity index (χ1v) is 11.0. The minimum atomic E-state index is -2.96. The number of hydrogen-bond donors (Lipinski definition) is 0. The van der Waals surface area contributed by atoms with Crippen molar-refractivity contribution in [3.05, 3.63) is 35.4 Å². The first kappa shape index (κ1) is 18.3.